The minimum absolute atomic E-state index is 0.0169. The maximum Gasteiger partial charge on any atom is 0.351 e. The van der Waals surface area contributed by atoms with Crippen molar-refractivity contribution in [2.45, 2.75) is 44.2 Å². The number of halogens is 2. The number of nitrogen functional groups attached to an aromatic ring is 1. The fourth-order valence-electron chi connectivity index (χ4n) is 4.18. The maximum atomic E-state index is 14.9. The normalized spacial score (nSPS) is 23.2. The number of nitrogens with zero attached hydrogens (tertiary/aromatic N) is 2. The number of alkyl halides is 1. The van der Waals surface area contributed by atoms with Gasteiger partial charge in [-0.25, -0.2) is 13.6 Å². The number of esters is 1. The van der Waals surface area contributed by atoms with Crippen LogP contribution in [0.4, 0.5) is 14.6 Å². The molecule has 0 spiro atoms. The van der Waals surface area contributed by atoms with Crippen LogP contribution < -0.4 is 11.4 Å². The molecule has 0 unspecified atom stereocenters. The number of ether oxygens (including phenoxy) is 4. The Bertz CT molecular complexity index is 1260. The van der Waals surface area contributed by atoms with Gasteiger partial charge in [0.05, 0.1) is 26.0 Å². The zero-order valence-electron chi connectivity index (χ0n) is 20.1. The summed E-state index contributed by atoms with van der Waals surface area (Å²) in [7, 11) is 0. The molecule has 2 aromatic carbocycles. The van der Waals surface area contributed by atoms with Gasteiger partial charge in [-0.3, -0.25) is 9.36 Å². The van der Waals surface area contributed by atoms with Crippen LogP contribution in [0.2, 0.25) is 0 Å². The van der Waals surface area contributed by atoms with Gasteiger partial charge < -0.3 is 24.7 Å². The van der Waals surface area contributed by atoms with Crippen LogP contribution in [0.5, 0.6) is 0 Å². The summed E-state index contributed by atoms with van der Waals surface area (Å²) in [5.74, 6) is -2.34. The summed E-state index contributed by atoms with van der Waals surface area (Å²) in [6.07, 6.45) is -3.25. The molecule has 2 N–H and O–H groups in total. The first-order valence-electron chi connectivity index (χ1n) is 11.6. The van der Waals surface area contributed by atoms with Gasteiger partial charge in [-0.2, -0.15) is 4.98 Å². The first kappa shape index (κ1) is 26.4. The SMILES string of the molecule is CC(=O)O[C@H]1[C@H](n2cc(F)c(N)nc2=O)O[C@](CF)(COCc2ccccc2)[C@H]1OCc1ccccc1. The number of aromatic nitrogens is 2. The zero-order chi connectivity index (χ0) is 26.4. The lowest BCUT2D eigenvalue weighted by atomic mass is 9.96. The lowest BCUT2D eigenvalue weighted by Crippen LogP contribution is -2.51. The topological polar surface area (TPSA) is 115 Å². The van der Waals surface area contributed by atoms with Gasteiger partial charge in [0.25, 0.3) is 0 Å². The molecule has 11 heteroatoms. The van der Waals surface area contributed by atoms with Gasteiger partial charge >= 0.3 is 11.7 Å². The van der Waals surface area contributed by atoms with Gasteiger partial charge in [0, 0.05) is 6.92 Å². The van der Waals surface area contributed by atoms with Gasteiger partial charge in [0.15, 0.2) is 29.6 Å². The van der Waals surface area contributed by atoms with E-state index >= 15 is 0 Å². The Kier molecular flexibility index (Phi) is 8.27. The molecule has 1 aromatic heterocycles. The molecule has 9 nitrogen and oxygen atoms in total. The molecule has 1 saturated heterocycles. The number of hydrogen-bond acceptors (Lipinski definition) is 8. The van der Waals surface area contributed by atoms with Crippen molar-refractivity contribution in [2.75, 3.05) is 19.0 Å². The smallest absolute Gasteiger partial charge is 0.351 e. The molecule has 1 aliphatic rings. The van der Waals surface area contributed by atoms with Crippen LogP contribution in [0.3, 0.4) is 0 Å². The number of rotatable bonds is 10. The Morgan fingerprint density at radius 3 is 2.32 bits per heavy atom. The fourth-order valence-corrected chi connectivity index (χ4v) is 4.18. The average Bonchev–Trinajstić information content (AvgIpc) is 3.18. The quantitative estimate of drug-likeness (QED) is 0.410. The second kappa shape index (κ2) is 11.6. The molecule has 1 fully saturated rings. The third kappa shape index (κ3) is 6.01. The van der Waals surface area contributed by atoms with Crippen LogP contribution in [-0.2, 0) is 37.0 Å². The lowest BCUT2D eigenvalue weighted by Gasteiger charge is -2.32. The first-order valence-corrected chi connectivity index (χ1v) is 11.6. The molecular formula is C26H27F2N3O6. The van der Waals surface area contributed by atoms with E-state index < -0.39 is 54.0 Å². The molecule has 0 saturated carbocycles. The third-order valence-electron chi connectivity index (χ3n) is 5.92. The predicted molar refractivity (Wildman–Crippen MR) is 128 cm³/mol. The molecule has 2 heterocycles. The molecule has 0 bridgehead atoms. The van der Waals surface area contributed by atoms with Gasteiger partial charge in [-0.05, 0) is 11.1 Å². The van der Waals surface area contributed by atoms with Crippen molar-refractivity contribution in [2.24, 2.45) is 0 Å². The monoisotopic (exact) mass is 515 g/mol. The second-order valence-corrected chi connectivity index (χ2v) is 8.64. The largest absolute Gasteiger partial charge is 0.455 e. The minimum atomic E-state index is -1.80. The van der Waals surface area contributed by atoms with Gasteiger partial charge in [0.1, 0.15) is 12.8 Å². The van der Waals surface area contributed by atoms with Crippen molar-refractivity contribution < 1.29 is 32.5 Å². The van der Waals surface area contributed by atoms with Crippen LogP contribution >= 0.6 is 0 Å². The van der Waals surface area contributed by atoms with E-state index in [1.54, 1.807) is 12.1 Å². The third-order valence-corrected chi connectivity index (χ3v) is 5.92. The van der Waals surface area contributed by atoms with Crippen LogP contribution in [-0.4, -0.2) is 46.6 Å². The van der Waals surface area contributed by atoms with Crippen LogP contribution in [0.15, 0.2) is 71.7 Å². The van der Waals surface area contributed by atoms with E-state index in [9.17, 15) is 18.4 Å². The molecule has 4 rings (SSSR count). The highest BCUT2D eigenvalue weighted by atomic mass is 19.1. The van der Waals surface area contributed by atoms with E-state index in [2.05, 4.69) is 4.98 Å². The summed E-state index contributed by atoms with van der Waals surface area (Å²) in [5.41, 5.74) is 4.25. The van der Waals surface area contributed by atoms with E-state index in [1.807, 2.05) is 48.5 Å². The minimum Gasteiger partial charge on any atom is -0.455 e. The van der Waals surface area contributed by atoms with Crippen molar-refractivity contribution in [1.29, 1.82) is 0 Å². The maximum absolute atomic E-state index is 14.9. The standard InChI is InChI=1S/C26H27F2N3O6/c1-17(32)36-21-22(35-14-19-10-6-3-7-11-19)26(15-27,16-34-13-18-8-4-2-5-9-18)37-24(21)31-12-20(28)23(29)30-25(31)33/h2-12,21-22,24H,13-16H2,1H3,(H2,29,30,33)/t21-,22+,24-,26-/m1/s1. The Hall–Kier alpha value is -3.67. The molecule has 0 amide bonds. The number of hydrogen-bond donors (Lipinski definition) is 1. The summed E-state index contributed by atoms with van der Waals surface area (Å²) in [6.45, 7) is -0.126. The van der Waals surface area contributed by atoms with Gasteiger partial charge in [0.2, 0.25) is 0 Å². The molecule has 0 aliphatic carbocycles. The van der Waals surface area contributed by atoms with Crippen molar-refractivity contribution in [3.05, 3.63) is 94.3 Å². The van der Waals surface area contributed by atoms with E-state index in [0.717, 1.165) is 28.8 Å². The number of anilines is 1. The highest BCUT2D eigenvalue weighted by molar-refractivity contribution is 5.66. The Morgan fingerprint density at radius 1 is 1.11 bits per heavy atom. The summed E-state index contributed by atoms with van der Waals surface area (Å²) in [4.78, 5) is 28.1. The van der Waals surface area contributed by atoms with Crippen LogP contribution in [0.25, 0.3) is 0 Å². The molecule has 4 atom stereocenters. The predicted octanol–water partition coefficient (Wildman–Crippen LogP) is 2.94. The zero-order valence-corrected chi connectivity index (χ0v) is 20.1. The molecule has 3 aromatic rings. The van der Waals surface area contributed by atoms with Gasteiger partial charge in [-0.1, -0.05) is 60.7 Å². The van der Waals surface area contributed by atoms with Crippen molar-refractivity contribution >= 4 is 11.8 Å². The van der Waals surface area contributed by atoms with E-state index in [0.29, 0.717) is 0 Å². The highest BCUT2D eigenvalue weighted by Crippen LogP contribution is 2.42. The molecule has 1 aliphatic heterocycles. The number of benzene rings is 2. The molecule has 37 heavy (non-hydrogen) atoms. The van der Waals surface area contributed by atoms with Gasteiger partial charge in [-0.15, -0.1) is 0 Å². The highest BCUT2D eigenvalue weighted by Gasteiger charge is 2.59. The summed E-state index contributed by atoms with van der Waals surface area (Å²) in [6, 6.07) is 18.3. The van der Waals surface area contributed by atoms with Crippen molar-refractivity contribution in [1.82, 2.24) is 9.55 Å². The Morgan fingerprint density at radius 2 is 1.73 bits per heavy atom. The molecule has 196 valence electrons. The van der Waals surface area contributed by atoms with E-state index in [-0.39, 0.29) is 19.8 Å². The van der Waals surface area contributed by atoms with E-state index in [1.165, 1.54) is 0 Å². The summed E-state index contributed by atoms with van der Waals surface area (Å²) < 4.78 is 53.3. The Balaban J connectivity index is 1.69. The lowest BCUT2D eigenvalue weighted by molar-refractivity contribution is -0.166. The fraction of sp³-hybridized carbons (Fsp3) is 0.346. The number of carbonyl (C=O) groups is 1. The van der Waals surface area contributed by atoms with Crippen molar-refractivity contribution in [3.8, 4) is 0 Å². The second-order valence-electron chi connectivity index (χ2n) is 8.64. The summed E-state index contributed by atoms with van der Waals surface area (Å²) >= 11 is 0. The first-order chi connectivity index (χ1) is 17.8. The number of carbonyl (C=O) groups excluding carboxylic acids is 1. The van der Waals surface area contributed by atoms with Crippen molar-refractivity contribution in [3.63, 3.8) is 0 Å². The molecular weight excluding hydrogens is 488 g/mol. The summed E-state index contributed by atoms with van der Waals surface area (Å²) in [5, 5.41) is 0. The average molecular weight is 516 g/mol. The van der Waals surface area contributed by atoms with E-state index in [4.69, 9.17) is 24.7 Å². The van der Waals surface area contributed by atoms with Crippen LogP contribution in [0, 0.1) is 5.82 Å². The number of nitrogens with two attached hydrogens (primary N) is 1. The molecule has 0 radical (unpaired) electrons. The Labute approximate surface area is 211 Å². The van der Waals surface area contributed by atoms with Crippen LogP contribution in [0.1, 0.15) is 24.3 Å².